The van der Waals surface area contributed by atoms with Gasteiger partial charge in [0.1, 0.15) is 0 Å². The highest BCUT2D eigenvalue weighted by atomic mass is 32.2. The summed E-state index contributed by atoms with van der Waals surface area (Å²) in [5.41, 5.74) is 0. The van der Waals surface area contributed by atoms with Crippen molar-refractivity contribution in [2.45, 2.75) is 57.0 Å². The number of sulfone groups is 1. The van der Waals surface area contributed by atoms with Gasteiger partial charge in [0.25, 0.3) is 0 Å². The van der Waals surface area contributed by atoms with E-state index in [4.69, 9.17) is 0 Å². The van der Waals surface area contributed by atoms with Crippen LogP contribution in [0.1, 0.15) is 44.9 Å². The zero-order chi connectivity index (χ0) is 17.9. The third-order valence-corrected chi connectivity index (χ3v) is 7.43. The molecular weight excluding hydrogens is 342 g/mol. The number of hydrogen-bond donors (Lipinski definition) is 3. The second-order valence-corrected chi connectivity index (χ2v) is 9.89. The molecule has 4 atom stereocenters. The largest absolute Gasteiger partial charge is 0.352 e. The van der Waals surface area contributed by atoms with Gasteiger partial charge in [-0.1, -0.05) is 12.8 Å². The summed E-state index contributed by atoms with van der Waals surface area (Å²) in [6, 6.07) is -0.155. The van der Waals surface area contributed by atoms with E-state index in [9.17, 15) is 18.0 Å². The number of rotatable bonds is 4. The number of carbonyl (C=O) groups excluding carboxylic acids is 2. The van der Waals surface area contributed by atoms with E-state index in [-0.39, 0.29) is 47.2 Å². The molecule has 3 aliphatic rings. The molecule has 0 spiro atoms. The second-order valence-electron chi connectivity index (χ2n) is 7.66. The molecule has 142 valence electrons. The first kappa shape index (κ1) is 18.6. The van der Waals surface area contributed by atoms with E-state index in [1.165, 1.54) is 0 Å². The molecule has 1 saturated carbocycles. The van der Waals surface area contributed by atoms with Gasteiger partial charge in [0.05, 0.1) is 11.5 Å². The SMILES string of the molecule is O=C(NC1CCS(=O)(=O)C1)C1CCCCC1C(=O)N[C@H]1CCCNC1. The summed E-state index contributed by atoms with van der Waals surface area (Å²) < 4.78 is 23.1. The van der Waals surface area contributed by atoms with Crippen molar-refractivity contribution in [3.63, 3.8) is 0 Å². The van der Waals surface area contributed by atoms with Crippen molar-refractivity contribution < 1.29 is 18.0 Å². The standard InChI is InChI=1S/C17H29N3O4S/c21-16(19-12-4-3-8-18-10-12)14-5-1-2-6-15(14)17(22)20-13-7-9-25(23,24)11-13/h12-15,18H,1-11H2,(H,19,21)(H,20,22)/t12-,13?,14?,15?/m0/s1. The van der Waals surface area contributed by atoms with Crippen LogP contribution < -0.4 is 16.0 Å². The summed E-state index contributed by atoms with van der Waals surface area (Å²) in [5.74, 6) is -0.643. The van der Waals surface area contributed by atoms with Crippen LogP contribution in [0.15, 0.2) is 0 Å². The monoisotopic (exact) mass is 371 g/mol. The highest BCUT2D eigenvalue weighted by Crippen LogP contribution is 2.31. The van der Waals surface area contributed by atoms with Gasteiger partial charge in [-0.3, -0.25) is 9.59 Å². The third-order valence-electron chi connectivity index (χ3n) is 5.66. The van der Waals surface area contributed by atoms with Crippen LogP contribution in [0.2, 0.25) is 0 Å². The molecule has 2 amide bonds. The molecule has 3 rings (SSSR count). The molecule has 7 nitrogen and oxygen atoms in total. The fraction of sp³-hybridized carbons (Fsp3) is 0.882. The zero-order valence-corrected chi connectivity index (χ0v) is 15.4. The van der Waals surface area contributed by atoms with E-state index < -0.39 is 9.84 Å². The minimum atomic E-state index is -3.02. The maximum absolute atomic E-state index is 12.7. The Labute approximate surface area is 149 Å². The lowest BCUT2D eigenvalue weighted by Gasteiger charge is -2.32. The molecular formula is C17H29N3O4S. The Morgan fingerprint density at radius 3 is 2.00 bits per heavy atom. The number of nitrogens with one attached hydrogen (secondary N) is 3. The second kappa shape index (κ2) is 8.03. The van der Waals surface area contributed by atoms with Crippen LogP contribution in [0.3, 0.4) is 0 Å². The lowest BCUT2D eigenvalue weighted by Crippen LogP contribution is -2.51. The van der Waals surface area contributed by atoms with Crippen molar-refractivity contribution in [3.05, 3.63) is 0 Å². The van der Waals surface area contributed by atoms with Gasteiger partial charge in [-0.05, 0) is 38.6 Å². The fourth-order valence-electron chi connectivity index (χ4n) is 4.26. The fourth-order valence-corrected chi connectivity index (χ4v) is 5.93. The van der Waals surface area contributed by atoms with Gasteiger partial charge in [0, 0.05) is 30.5 Å². The average molecular weight is 372 g/mol. The van der Waals surface area contributed by atoms with E-state index in [0.29, 0.717) is 12.8 Å². The zero-order valence-electron chi connectivity index (χ0n) is 14.6. The number of hydrogen-bond acceptors (Lipinski definition) is 5. The summed E-state index contributed by atoms with van der Waals surface area (Å²) in [5, 5.41) is 9.27. The van der Waals surface area contributed by atoms with Crippen LogP contribution in [0.4, 0.5) is 0 Å². The first-order valence-electron chi connectivity index (χ1n) is 9.46. The molecule has 25 heavy (non-hydrogen) atoms. The quantitative estimate of drug-likeness (QED) is 0.643. The van der Waals surface area contributed by atoms with Crippen molar-refractivity contribution in [3.8, 4) is 0 Å². The highest BCUT2D eigenvalue weighted by Gasteiger charge is 2.38. The predicted octanol–water partition coefficient (Wildman–Crippen LogP) is -0.0357. The van der Waals surface area contributed by atoms with E-state index in [1.807, 2.05) is 0 Å². The summed E-state index contributed by atoms with van der Waals surface area (Å²) in [6.07, 6.45) is 5.83. The van der Waals surface area contributed by atoms with Gasteiger partial charge in [-0.2, -0.15) is 0 Å². The Morgan fingerprint density at radius 1 is 0.840 bits per heavy atom. The smallest absolute Gasteiger partial charge is 0.224 e. The van der Waals surface area contributed by atoms with Crippen LogP contribution in [0, 0.1) is 11.8 Å². The number of carbonyl (C=O) groups is 2. The van der Waals surface area contributed by atoms with Crippen LogP contribution in [-0.2, 0) is 19.4 Å². The van der Waals surface area contributed by atoms with Gasteiger partial charge in [0.15, 0.2) is 9.84 Å². The minimum Gasteiger partial charge on any atom is -0.352 e. The molecule has 0 aromatic heterocycles. The van der Waals surface area contributed by atoms with E-state index in [2.05, 4.69) is 16.0 Å². The molecule has 8 heteroatoms. The van der Waals surface area contributed by atoms with Crippen molar-refractivity contribution in [1.29, 1.82) is 0 Å². The summed E-state index contributed by atoms with van der Waals surface area (Å²) >= 11 is 0. The van der Waals surface area contributed by atoms with Gasteiger partial charge < -0.3 is 16.0 Å². The summed E-state index contributed by atoms with van der Waals surface area (Å²) in [4.78, 5) is 25.4. The van der Waals surface area contributed by atoms with Crippen LogP contribution in [-0.4, -0.2) is 56.9 Å². The molecule has 2 saturated heterocycles. The van der Waals surface area contributed by atoms with Crippen LogP contribution >= 0.6 is 0 Å². The van der Waals surface area contributed by atoms with Gasteiger partial charge in [-0.15, -0.1) is 0 Å². The molecule has 1 aliphatic carbocycles. The van der Waals surface area contributed by atoms with Crippen LogP contribution in [0.5, 0.6) is 0 Å². The predicted molar refractivity (Wildman–Crippen MR) is 94.7 cm³/mol. The van der Waals surface area contributed by atoms with Gasteiger partial charge >= 0.3 is 0 Å². The summed E-state index contributed by atoms with van der Waals surface area (Å²) in [6.45, 7) is 1.78. The molecule has 0 bridgehead atoms. The Bertz CT molecular complexity index is 601. The number of amides is 2. The topological polar surface area (TPSA) is 104 Å². The van der Waals surface area contributed by atoms with Gasteiger partial charge in [0.2, 0.25) is 11.8 Å². The van der Waals surface area contributed by atoms with E-state index in [1.54, 1.807) is 0 Å². The maximum atomic E-state index is 12.7. The van der Waals surface area contributed by atoms with Crippen LogP contribution in [0.25, 0.3) is 0 Å². The maximum Gasteiger partial charge on any atom is 0.224 e. The average Bonchev–Trinajstić information content (AvgIpc) is 2.94. The molecule has 3 fully saturated rings. The minimum absolute atomic E-state index is 0.0207. The molecule has 3 unspecified atom stereocenters. The van der Waals surface area contributed by atoms with Crippen molar-refractivity contribution >= 4 is 21.7 Å². The van der Waals surface area contributed by atoms with Crippen molar-refractivity contribution in [1.82, 2.24) is 16.0 Å². The van der Waals surface area contributed by atoms with Crippen molar-refractivity contribution in [2.24, 2.45) is 11.8 Å². The summed E-state index contributed by atoms with van der Waals surface area (Å²) in [7, 11) is -3.02. The molecule has 0 aromatic rings. The Kier molecular flexibility index (Phi) is 5.99. The van der Waals surface area contributed by atoms with E-state index in [0.717, 1.165) is 45.2 Å². The first-order chi connectivity index (χ1) is 11.9. The molecule has 3 N–H and O–H groups in total. The molecule has 2 heterocycles. The normalized spacial score (nSPS) is 35.0. The Balaban J connectivity index is 1.57. The van der Waals surface area contributed by atoms with E-state index >= 15 is 0 Å². The third kappa shape index (κ3) is 4.94. The molecule has 2 aliphatic heterocycles. The first-order valence-corrected chi connectivity index (χ1v) is 11.3. The van der Waals surface area contributed by atoms with Crippen molar-refractivity contribution in [2.75, 3.05) is 24.6 Å². The molecule has 0 aromatic carbocycles. The molecule has 0 radical (unpaired) electrons. The Morgan fingerprint density at radius 2 is 1.48 bits per heavy atom. The number of piperidine rings is 1. The van der Waals surface area contributed by atoms with Gasteiger partial charge in [-0.25, -0.2) is 8.42 Å². The lowest BCUT2D eigenvalue weighted by molar-refractivity contribution is -0.137. The Hall–Kier alpha value is -1.15. The lowest BCUT2D eigenvalue weighted by atomic mass is 9.77. The highest BCUT2D eigenvalue weighted by molar-refractivity contribution is 7.91.